The van der Waals surface area contributed by atoms with E-state index < -0.39 is 0 Å². The average molecular weight is 393 g/mol. The number of anilines is 2. The van der Waals surface area contributed by atoms with Crippen LogP contribution < -0.4 is 15.0 Å². The molecule has 29 heavy (non-hydrogen) atoms. The van der Waals surface area contributed by atoms with E-state index >= 15 is 0 Å². The summed E-state index contributed by atoms with van der Waals surface area (Å²) >= 11 is 0. The fourth-order valence-electron chi connectivity index (χ4n) is 3.42. The molecular formula is C20H23N7O2. The molecule has 4 rings (SSSR count). The third kappa shape index (κ3) is 4.34. The number of nitrogens with zero attached hydrogens (tertiary/aromatic N) is 6. The van der Waals surface area contributed by atoms with E-state index in [0.29, 0.717) is 30.4 Å². The van der Waals surface area contributed by atoms with Crippen molar-refractivity contribution in [3.05, 3.63) is 49.1 Å². The highest BCUT2D eigenvalue weighted by molar-refractivity contribution is 5.94. The van der Waals surface area contributed by atoms with Gasteiger partial charge in [0, 0.05) is 13.1 Å². The van der Waals surface area contributed by atoms with Gasteiger partial charge >= 0.3 is 0 Å². The summed E-state index contributed by atoms with van der Waals surface area (Å²) in [6, 6.07) is 11.2. The number of hydrogen-bond donors (Lipinski definition) is 1. The van der Waals surface area contributed by atoms with Crippen LogP contribution in [-0.2, 0) is 4.79 Å². The van der Waals surface area contributed by atoms with Crippen molar-refractivity contribution in [2.24, 2.45) is 5.92 Å². The summed E-state index contributed by atoms with van der Waals surface area (Å²) in [4.78, 5) is 18.9. The van der Waals surface area contributed by atoms with E-state index in [2.05, 4.69) is 30.5 Å². The summed E-state index contributed by atoms with van der Waals surface area (Å²) in [6.45, 7) is 3.91. The molecule has 1 aliphatic heterocycles. The van der Waals surface area contributed by atoms with E-state index in [0.717, 1.165) is 25.2 Å². The van der Waals surface area contributed by atoms with Gasteiger partial charge in [0.2, 0.25) is 5.91 Å². The second-order valence-electron chi connectivity index (χ2n) is 6.79. The number of amides is 1. The third-order valence-corrected chi connectivity index (χ3v) is 4.85. The Labute approximate surface area is 168 Å². The lowest BCUT2D eigenvalue weighted by Gasteiger charge is -2.32. The summed E-state index contributed by atoms with van der Waals surface area (Å²) in [5, 5.41) is 15.6. The SMILES string of the molecule is CCOc1ccccc1NC(=O)[C@@H]1CCCN(c2ccc(-n3cncn3)nn2)C1. The minimum absolute atomic E-state index is 0.00551. The van der Waals surface area contributed by atoms with Gasteiger partial charge in [0.15, 0.2) is 11.6 Å². The zero-order valence-corrected chi connectivity index (χ0v) is 16.2. The van der Waals surface area contributed by atoms with Crippen molar-refractivity contribution in [1.29, 1.82) is 0 Å². The molecule has 0 aliphatic carbocycles. The maximum atomic E-state index is 12.9. The molecule has 1 atom stereocenters. The van der Waals surface area contributed by atoms with Gasteiger partial charge in [-0.05, 0) is 44.0 Å². The number of ether oxygens (including phenoxy) is 1. The Kier molecular flexibility index (Phi) is 5.64. The summed E-state index contributed by atoms with van der Waals surface area (Å²) in [6.07, 6.45) is 4.78. The van der Waals surface area contributed by atoms with Crippen LogP contribution in [0, 0.1) is 5.92 Å². The first-order valence-corrected chi connectivity index (χ1v) is 9.71. The van der Waals surface area contributed by atoms with Gasteiger partial charge in [-0.1, -0.05) is 12.1 Å². The maximum absolute atomic E-state index is 12.9. The number of rotatable bonds is 6. The summed E-state index contributed by atoms with van der Waals surface area (Å²) < 4.78 is 7.16. The van der Waals surface area contributed by atoms with E-state index in [1.54, 1.807) is 11.0 Å². The highest BCUT2D eigenvalue weighted by atomic mass is 16.5. The smallest absolute Gasteiger partial charge is 0.229 e. The zero-order chi connectivity index (χ0) is 20.1. The number of carbonyl (C=O) groups excluding carboxylic acids is 1. The molecule has 0 spiro atoms. The molecule has 2 aromatic heterocycles. The van der Waals surface area contributed by atoms with E-state index in [1.807, 2.05) is 43.3 Å². The van der Waals surface area contributed by atoms with Gasteiger partial charge in [-0.25, -0.2) is 9.67 Å². The number of benzene rings is 1. The topological polar surface area (TPSA) is 98.1 Å². The molecular weight excluding hydrogens is 370 g/mol. The lowest BCUT2D eigenvalue weighted by molar-refractivity contribution is -0.120. The minimum atomic E-state index is -0.129. The second-order valence-corrected chi connectivity index (χ2v) is 6.79. The summed E-state index contributed by atoms with van der Waals surface area (Å²) in [5.41, 5.74) is 0.702. The average Bonchev–Trinajstić information content (AvgIpc) is 3.30. The first kappa shape index (κ1) is 18.9. The quantitative estimate of drug-likeness (QED) is 0.686. The van der Waals surface area contributed by atoms with Crippen LogP contribution in [-0.4, -0.2) is 50.6 Å². The van der Waals surface area contributed by atoms with Crippen molar-refractivity contribution in [2.45, 2.75) is 19.8 Å². The molecule has 0 saturated carbocycles. The number of carbonyl (C=O) groups is 1. The summed E-state index contributed by atoms with van der Waals surface area (Å²) in [7, 11) is 0. The number of aromatic nitrogens is 5. The zero-order valence-electron chi connectivity index (χ0n) is 16.2. The molecule has 1 saturated heterocycles. The molecule has 1 aromatic carbocycles. The molecule has 1 N–H and O–H groups in total. The lowest BCUT2D eigenvalue weighted by Crippen LogP contribution is -2.41. The van der Waals surface area contributed by atoms with Gasteiger partial charge in [0.05, 0.1) is 18.2 Å². The first-order valence-electron chi connectivity index (χ1n) is 9.71. The van der Waals surface area contributed by atoms with Crippen molar-refractivity contribution in [1.82, 2.24) is 25.0 Å². The molecule has 1 aliphatic rings. The Morgan fingerprint density at radius 3 is 2.79 bits per heavy atom. The van der Waals surface area contributed by atoms with Crippen LogP contribution >= 0.6 is 0 Å². The van der Waals surface area contributed by atoms with Crippen molar-refractivity contribution >= 4 is 17.4 Å². The van der Waals surface area contributed by atoms with E-state index in [1.165, 1.54) is 6.33 Å². The van der Waals surface area contributed by atoms with Crippen LogP contribution in [0.3, 0.4) is 0 Å². The van der Waals surface area contributed by atoms with Crippen LogP contribution in [0.1, 0.15) is 19.8 Å². The predicted molar refractivity (Wildman–Crippen MR) is 108 cm³/mol. The fraction of sp³-hybridized carbons (Fsp3) is 0.350. The molecule has 9 heteroatoms. The highest BCUT2D eigenvalue weighted by Gasteiger charge is 2.27. The second kappa shape index (κ2) is 8.68. The largest absolute Gasteiger partial charge is 0.492 e. The number of hydrogen-bond acceptors (Lipinski definition) is 7. The first-order chi connectivity index (χ1) is 14.2. The van der Waals surface area contributed by atoms with Crippen LogP contribution in [0.2, 0.25) is 0 Å². The fourth-order valence-corrected chi connectivity index (χ4v) is 3.42. The molecule has 3 heterocycles. The molecule has 0 unspecified atom stereocenters. The normalized spacial score (nSPS) is 16.4. The Morgan fingerprint density at radius 2 is 2.03 bits per heavy atom. The van der Waals surface area contributed by atoms with Gasteiger partial charge in [-0.15, -0.1) is 10.2 Å². The highest BCUT2D eigenvalue weighted by Crippen LogP contribution is 2.27. The monoisotopic (exact) mass is 393 g/mol. The van der Waals surface area contributed by atoms with Gasteiger partial charge in [0.25, 0.3) is 0 Å². The standard InChI is InChI=1S/C20H23N7O2/c1-2-29-17-8-4-3-7-16(17)23-20(28)15-6-5-11-26(12-15)18-9-10-19(25-24-18)27-14-21-13-22-27/h3-4,7-10,13-15H,2,5-6,11-12H2,1H3,(H,23,28)/t15-/m1/s1. The van der Waals surface area contributed by atoms with E-state index in [9.17, 15) is 4.79 Å². The lowest BCUT2D eigenvalue weighted by atomic mass is 9.97. The Balaban J connectivity index is 1.42. The third-order valence-electron chi connectivity index (χ3n) is 4.85. The van der Waals surface area contributed by atoms with Crippen LogP contribution in [0.15, 0.2) is 49.1 Å². The molecule has 0 radical (unpaired) electrons. The van der Waals surface area contributed by atoms with Gasteiger partial charge < -0.3 is 15.0 Å². The van der Waals surface area contributed by atoms with E-state index in [4.69, 9.17) is 4.74 Å². The van der Waals surface area contributed by atoms with Crippen molar-refractivity contribution in [2.75, 3.05) is 29.9 Å². The molecule has 9 nitrogen and oxygen atoms in total. The number of piperidine rings is 1. The van der Waals surface area contributed by atoms with Gasteiger partial charge in [-0.3, -0.25) is 4.79 Å². The van der Waals surface area contributed by atoms with Crippen LogP contribution in [0.25, 0.3) is 5.82 Å². The summed E-state index contributed by atoms with van der Waals surface area (Å²) in [5.74, 6) is 1.90. The van der Waals surface area contributed by atoms with Crippen LogP contribution in [0.5, 0.6) is 5.75 Å². The minimum Gasteiger partial charge on any atom is -0.492 e. The van der Waals surface area contributed by atoms with Crippen LogP contribution in [0.4, 0.5) is 11.5 Å². The Morgan fingerprint density at radius 1 is 1.21 bits per heavy atom. The Bertz CT molecular complexity index is 944. The predicted octanol–water partition coefficient (Wildman–Crippen LogP) is 2.31. The van der Waals surface area contributed by atoms with Crippen molar-refractivity contribution in [3.63, 3.8) is 0 Å². The molecule has 0 bridgehead atoms. The van der Waals surface area contributed by atoms with Crippen molar-refractivity contribution in [3.8, 4) is 11.6 Å². The van der Waals surface area contributed by atoms with E-state index in [-0.39, 0.29) is 11.8 Å². The van der Waals surface area contributed by atoms with Gasteiger partial charge in [0.1, 0.15) is 18.4 Å². The Hall–Kier alpha value is -3.49. The molecule has 1 amide bonds. The molecule has 1 fully saturated rings. The maximum Gasteiger partial charge on any atom is 0.229 e. The van der Waals surface area contributed by atoms with Gasteiger partial charge in [-0.2, -0.15) is 5.10 Å². The number of para-hydroxylation sites is 2. The molecule has 3 aromatic rings. The number of nitrogens with one attached hydrogen (secondary N) is 1. The van der Waals surface area contributed by atoms with Crippen molar-refractivity contribution < 1.29 is 9.53 Å². The molecule has 150 valence electrons.